The average molecular weight is 332 g/mol. The van der Waals surface area contributed by atoms with Crippen LogP contribution in [0.3, 0.4) is 0 Å². The number of benzene rings is 1. The van der Waals surface area contributed by atoms with Crippen LogP contribution >= 0.6 is 0 Å². The van der Waals surface area contributed by atoms with Crippen molar-refractivity contribution in [2.45, 2.75) is 45.1 Å². The lowest BCUT2D eigenvalue weighted by molar-refractivity contribution is -0.146. The first-order chi connectivity index (χ1) is 11.2. The lowest BCUT2D eigenvalue weighted by Crippen LogP contribution is -2.46. The number of amides is 1. The van der Waals surface area contributed by atoms with E-state index in [9.17, 15) is 19.1 Å². The van der Waals surface area contributed by atoms with Crippen LogP contribution in [0, 0.1) is 11.2 Å². The highest BCUT2D eigenvalue weighted by Crippen LogP contribution is 2.49. The minimum Gasteiger partial charge on any atom is -0.481 e. The number of H-pyrrole nitrogens is 1. The highest BCUT2D eigenvalue weighted by molar-refractivity contribution is 5.87. The van der Waals surface area contributed by atoms with Gasteiger partial charge in [-0.05, 0) is 56.9 Å². The molecule has 0 atom stereocenters. The molecule has 1 aliphatic carbocycles. The minimum absolute atomic E-state index is 0.0187. The van der Waals surface area contributed by atoms with Crippen LogP contribution in [0.2, 0.25) is 0 Å². The number of carboxylic acid groups (broad SMARTS) is 1. The number of rotatable bonds is 6. The molecule has 128 valence electrons. The molecular weight excluding hydrogens is 311 g/mol. The molecule has 0 aliphatic heterocycles. The van der Waals surface area contributed by atoms with Gasteiger partial charge in [0, 0.05) is 29.1 Å². The van der Waals surface area contributed by atoms with Crippen molar-refractivity contribution < 1.29 is 19.1 Å². The molecule has 0 radical (unpaired) electrons. The molecule has 1 aromatic heterocycles. The van der Waals surface area contributed by atoms with Gasteiger partial charge in [-0.25, -0.2) is 4.39 Å². The number of aromatic nitrogens is 1. The quantitative estimate of drug-likeness (QED) is 0.760. The molecule has 1 aromatic carbocycles. The molecule has 0 saturated heterocycles. The van der Waals surface area contributed by atoms with Gasteiger partial charge in [-0.2, -0.15) is 0 Å². The topological polar surface area (TPSA) is 82.2 Å². The maximum absolute atomic E-state index is 13.3. The van der Waals surface area contributed by atoms with E-state index >= 15 is 0 Å². The van der Waals surface area contributed by atoms with E-state index in [1.54, 1.807) is 6.07 Å². The minimum atomic E-state index is -0.894. The highest BCUT2D eigenvalue weighted by atomic mass is 19.1. The van der Waals surface area contributed by atoms with Crippen molar-refractivity contribution in [3.05, 3.63) is 35.8 Å². The number of halogens is 1. The van der Waals surface area contributed by atoms with Gasteiger partial charge < -0.3 is 15.4 Å². The predicted octanol–water partition coefficient (Wildman–Crippen LogP) is 3.00. The maximum Gasteiger partial charge on any atom is 0.310 e. The smallest absolute Gasteiger partial charge is 0.310 e. The number of carbonyl (C=O) groups is 2. The van der Waals surface area contributed by atoms with Gasteiger partial charge in [0.25, 0.3) is 0 Å². The summed E-state index contributed by atoms with van der Waals surface area (Å²) in [7, 11) is 0. The molecule has 2 aromatic rings. The Bertz CT molecular complexity index is 806. The van der Waals surface area contributed by atoms with Crippen LogP contribution in [0.4, 0.5) is 4.39 Å². The van der Waals surface area contributed by atoms with Crippen LogP contribution in [0.25, 0.3) is 10.9 Å². The fourth-order valence-corrected chi connectivity index (χ4v) is 3.17. The SMILES string of the molecule is CC(C)(Cc1c[nH]c2cc(F)ccc12)NC(=O)CC1(C(=O)O)CC1. The number of carboxylic acids is 1. The van der Waals surface area contributed by atoms with E-state index in [1.807, 2.05) is 20.0 Å². The zero-order chi connectivity index (χ0) is 17.5. The molecule has 0 spiro atoms. The van der Waals surface area contributed by atoms with Crippen LogP contribution in [-0.2, 0) is 16.0 Å². The number of hydrogen-bond donors (Lipinski definition) is 3. The fourth-order valence-electron chi connectivity index (χ4n) is 3.17. The van der Waals surface area contributed by atoms with Crippen molar-refractivity contribution in [2.24, 2.45) is 5.41 Å². The van der Waals surface area contributed by atoms with E-state index in [-0.39, 0.29) is 18.1 Å². The Labute approximate surface area is 139 Å². The first-order valence-corrected chi connectivity index (χ1v) is 8.01. The largest absolute Gasteiger partial charge is 0.481 e. The summed E-state index contributed by atoms with van der Waals surface area (Å²) in [6.45, 7) is 3.79. The standard InChI is InChI=1S/C18H21FN2O3/c1-17(2,21-15(22)9-18(5-6-18)16(23)24)8-11-10-20-14-7-12(19)3-4-13(11)14/h3-4,7,10,20H,5-6,8-9H2,1-2H3,(H,21,22)(H,23,24). The Hall–Kier alpha value is -2.37. The third kappa shape index (κ3) is 3.27. The first kappa shape index (κ1) is 16.5. The van der Waals surface area contributed by atoms with E-state index in [1.165, 1.54) is 12.1 Å². The lowest BCUT2D eigenvalue weighted by Gasteiger charge is -2.27. The molecule has 1 saturated carbocycles. The van der Waals surface area contributed by atoms with Crippen molar-refractivity contribution in [2.75, 3.05) is 0 Å². The number of nitrogens with one attached hydrogen (secondary N) is 2. The number of aromatic amines is 1. The summed E-state index contributed by atoms with van der Waals surface area (Å²) in [4.78, 5) is 26.5. The number of aliphatic carboxylic acids is 1. The third-order valence-electron chi connectivity index (χ3n) is 4.65. The van der Waals surface area contributed by atoms with Gasteiger partial charge in [0.15, 0.2) is 0 Å². The van der Waals surface area contributed by atoms with E-state index in [2.05, 4.69) is 10.3 Å². The van der Waals surface area contributed by atoms with E-state index in [0.717, 1.165) is 16.5 Å². The Morgan fingerprint density at radius 1 is 1.38 bits per heavy atom. The van der Waals surface area contributed by atoms with Crippen molar-refractivity contribution in [1.82, 2.24) is 10.3 Å². The second-order valence-corrected chi connectivity index (χ2v) is 7.37. The summed E-state index contributed by atoms with van der Waals surface area (Å²) in [6.07, 6.45) is 3.52. The van der Waals surface area contributed by atoms with Crippen LogP contribution in [-0.4, -0.2) is 27.5 Å². The van der Waals surface area contributed by atoms with Crippen molar-refractivity contribution in [3.63, 3.8) is 0 Å². The van der Waals surface area contributed by atoms with Gasteiger partial charge in [0.2, 0.25) is 5.91 Å². The van der Waals surface area contributed by atoms with Gasteiger partial charge >= 0.3 is 5.97 Å². The van der Waals surface area contributed by atoms with Crippen molar-refractivity contribution in [3.8, 4) is 0 Å². The molecule has 3 rings (SSSR count). The third-order valence-corrected chi connectivity index (χ3v) is 4.65. The number of carbonyl (C=O) groups excluding carboxylic acids is 1. The van der Waals surface area contributed by atoms with Crippen LogP contribution in [0.1, 0.15) is 38.7 Å². The predicted molar refractivity (Wildman–Crippen MR) is 88.1 cm³/mol. The van der Waals surface area contributed by atoms with Crippen LogP contribution in [0.15, 0.2) is 24.4 Å². The zero-order valence-electron chi connectivity index (χ0n) is 13.8. The Morgan fingerprint density at radius 3 is 2.71 bits per heavy atom. The first-order valence-electron chi connectivity index (χ1n) is 8.01. The summed E-state index contributed by atoms with van der Waals surface area (Å²) in [5, 5.41) is 13.0. The number of hydrogen-bond acceptors (Lipinski definition) is 2. The molecule has 5 nitrogen and oxygen atoms in total. The van der Waals surface area contributed by atoms with Gasteiger partial charge in [-0.1, -0.05) is 0 Å². The summed E-state index contributed by atoms with van der Waals surface area (Å²) in [5.41, 5.74) is 0.304. The van der Waals surface area contributed by atoms with Gasteiger partial charge in [-0.3, -0.25) is 9.59 Å². The monoisotopic (exact) mass is 332 g/mol. The van der Waals surface area contributed by atoms with E-state index in [4.69, 9.17) is 0 Å². The van der Waals surface area contributed by atoms with Gasteiger partial charge in [-0.15, -0.1) is 0 Å². The molecule has 1 aliphatic rings. The van der Waals surface area contributed by atoms with Gasteiger partial charge in [0.1, 0.15) is 5.82 Å². The fraction of sp³-hybridized carbons (Fsp3) is 0.444. The Balaban J connectivity index is 1.69. The molecular formula is C18H21FN2O3. The normalized spacial score (nSPS) is 16.1. The molecule has 3 N–H and O–H groups in total. The molecule has 1 fully saturated rings. The Morgan fingerprint density at radius 2 is 2.08 bits per heavy atom. The summed E-state index contributed by atoms with van der Waals surface area (Å²) in [5.74, 6) is -1.44. The summed E-state index contributed by atoms with van der Waals surface area (Å²) < 4.78 is 13.3. The second-order valence-electron chi connectivity index (χ2n) is 7.37. The van der Waals surface area contributed by atoms with Crippen molar-refractivity contribution >= 4 is 22.8 Å². The zero-order valence-corrected chi connectivity index (χ0v) is 13.8. The van der Waals surface area contributed by atoms with Crippen LogP contribution < -0.4 is 5.32 Å². The van der Waals surface area contributed by atoms with Gasteiger partial charge in [0.05, 0.1) is 5.41 Å². The van der Waals surface area contributed by atoms with Crippen LogP contribution in [0.5, 0.6) is 0 Å². The maximum atomic E-state index is 13.3. The Kier molecular flexibility index (Phi) is 3.86. The lowest BCUT2D eigenvalue weighted by atomic mass is 9.93. The molecule has 1 heterocycles. The second kappa shape index (κ2) is 5.61. The highest BCUT2D eigenvalue weighted by Gasteiger charge is 2.51. The molecule has 24 heavy (non-hydrogen) atoms. The molecule has 6 heteroatoms. The molecule has 0 unspecified atom stereocenters. The van der Waals surface area contributed by atoms with E-state index < -0.39 is 16.9 Å². The summed E-state index contributed by atoms with van der Waals surface area (Å²) in [6, 6.07) is 4.57. The molecule has 0 bridgehead atoms. The van der Waals surface area contributed by atoms with Crippen molar-refractivity contribution in [1.29, 1.82) is 0 Å². The molecule has 1 amide bonds. The summed E-state index contributed by atoms with van der Waals surface area (Å²) >= 11 is 0. The van der Waals surface area contributed by atoms with E-state index in [0.29, 0.717) is 19.3 Å². The number of fused-ring (bicyclic) bond motifs is 1. The average Bonchev–Trinajstić information content (AvgIpc) is 3.14.